The smallest absolute Gasteiger partial charge is 0.122 e. The number of nitrogens with one attached hydrogen (secondary N) is 2. The Bertz CT molecular complexity index is 118. The van der Waals surface area contributed by atoms with E-state index in [0.717, 1.165) is 26.4 Å². The summed E-state index contributed by atoms with van der Waals surface area (Å²) in [5, 5.41) is 6.26. The van der Waals surface area contributed by atoms with Crippen LogP contribution >= 0.6 is 0 Å². The monoisotopic (exact) mass is 159 g/mol. The third kappa shape index (κ3) is 2.11. The highest BCUT2D eigenvalue weighted by atomic mass is 15.5. The maximum atomic E-state index is 5.81. The predicted molar refractivity (Wildman–Crippen MR) is 44.1 cm³/mol. The zero-order chi connectivity index (χ0) is 8.32. The Labute approximate surface area is 67.1 Å². The van der Waals surface area contributed by atoms with Crippen molar-refractivity contribution in [3.8, 4) is 0 Å². The second kappa shape index (κ2) is 3.46. The Balaban J connectivity index is 2.43. The molecule has 0 bridgehead atoms. The first-order valence-corrected chi connectivity index (χ1v) is 3.91. The lowest BCUT2D eigenvalue weighted by molar-refractivity contribution is 0.0522. The van der Waals surface area contributed by atoms with Gasteiger partial charge in [0.2, 0.25) is 0 Å². The quantitative estimate of drug-likeness (QED) is 0.362. The van der Waals surface area contributed by atoms with Crippen molar-refractivity contribution in [2.45, 2.75) is 19.1 Å². The van der Waals surface area contributed by atoms with Gasteiger partial charge in [-0.3, -0.25) is 10.6 Å². The molecular weight excluding hydrogens is 142 g/mol. The molecule has 0 atom stereocenters. The van der Waals surface area contributed by atoms with Crippen LogP contribution in [0.2, 0.25) is 0 Å². The minimum atomic E-state index is -0.680. The molecule has 1 rings (SSSR count). The van der Waals surface area contributed by atoms with E-state index in [4.69, 9.17) is 11.5 Å². The van der Waals surface area contributed by atoms with Gasteiger partial charge in [-0.05, 0) is 6.42 Å². The second-order valence-electron chi connectivity index (χ2n) is 2.88. The first kappa shape index (κ1) is 8.89. The van der Waals surface area contributed by atoms with Crippen LogP contribution in [0.15, 0.2) is 0 Å². The van der Waals surface area contributed by atoms with E-state index in [1.807, 2.05) is 11.8 Å². The summed E-state index contributed by atoms with van der Waals surface area (Å²) in [6.45, 7) is 4.33. The fraction of sp³-hybridized carbons (Fsp3) is 1.00. The molecule has 1 fully saturated rings. The number of hydrogen-bond donors (Lipinski definition) is 4. The Kier molecular flexibility index (Phi) is 2.80. The SMILES string of the molecule is CCC(N)(N)N1CNCNC1. The van der Waals surface area contributed by atoms with Gasteiger partial charge in [0, 0.05) is 6.67 Å². The zero-order valence-electron chi connectivity index (χ0n) is 6.93. The van der Waals surface area contributed by atoms with E-state index < -0.39 is 5.79 Å². The van der Waals surface area contributed by atoms with E-state index in [1.54, 1.807) is 0 Å². The van der Waals surface area contributed by atoms with Crippen molar-refractivity contribution in [1.29, 1.82) is 0 Å². The Hall–Kier alpha value is -0.200. The van der Waals surface area contributed by atoms with Gasteiger partial charge >= 0.3 is 0 Å². The van der Waals surface area contributed by atoms with Crippen LogP contribution in [0, 0.1) is 0 Å². The van der Waals surface area contributed by atoms with E-state index >= 15 is 0 Å². The average molecular weight is 159 g/mol. The van der Waals surface area contributed by atoms with Crippen LogP contribution in [0.25, 0.3) is 0 Å². The molecule has 0 radical (unpaired) electrons. The molecule has 0 saturated carbocycles. The molecule has 1 aliphatic rings. The molecule has 0 aliphatic carbocycles. The third-order valence-corrected chi connectivity index (χ3v) is 2.01. The molecule has 0 amide bonds. The summed E-state index contributed by atoms with van der Waals surface area (Å²) >= 11 is 0. The van der Waals surface area contributed by atoms with Crippen molar-refractivity contribution in [1.82, 2.24) is 15.5 Å². The van der Waals surface area contributed by atoms with Gasteiger partial charge in [-0.1, -0.05) is 6.92 Å². The summed E-state index contributed by atoms with van der Waals surface area (Å²) in [5.74, 6) is -0.680. The van der Waals surface area contributed by atoms with Crippen molar-refractivity contribution in [3.63, 3.8) is 0 Å². The molecule has 5 heteroatoms. The van der Waals surface area contributed by atoms with E-state index in [-0.39, 0.29) is 0 Å². The van der Waals surface area contributed by atoms with E-state index in [1.165, 1.54) is 0 Å². The van der Waals surface area contributed by atoms with Crippen LogP contribution < -0.4 is 22.1 Å². The first-order valence-electron chi connectivity index (χ1n) is 3.91. The van der Waals surface area contributed by atoms with Gasteiger partial charge in [0.15, 0.2) is 0 Å². The van der Waals surface area contributed by atoms with Crippen molar-refractivity contribution in [3.05, 3.63) is 0 Å². The summed E-state index contributed by atoms with van der Waals surface area (Å²) in [6.07, 6.45) is 0.746. The summed E-state index contributed by atoms with van der Waals surface area (Å²) < 4.78 is 0. The second-order valence-corrected chi connectivity index (χ2v) is 2.88. The molecule has 6 N–H and O–H groups in total. The van der Waals surface area contributed by atoms with Crippen LogP contribution in [-0.2, 0) is 0 Å². The number of nitrogens with zero attached hydrogens (tertiary/aromatic N) is 1. The highest BCUT2D eigenvalue weighted by Gasteiger charge is 2.26. The Morgan fingerprint density at radius 1 is 1.36 bits per heavy atom. The molecule has 66 valence electrons. The van der Waals surface area contributed by atoms with Gasteiger partial charge in [-0.15, -0.1) is 0 Å². The molecule has 0 spiro atoms. The molecule has 0 aromatic rings. The van der Waals surface area contributed by atoms with Gasteiger partial charge in [0.1, 0.15) is 5.79 Å². The molecule has 0 aromatic heterocycles. The van der Waals surface area contributed by atoms with Crippen molar-refractivity contribution >= 4 is 0 Å². The van der Waals surface area contributed by atoms with Gasteiger partial charge in [-0.2, -0.15) is 0 Å². The minimum Gasteiger partial charge on any atom is -0.301 e. The third-order valence-electron chi connectivity index (χ3n) is 2.01. The van der Waals surface area contributed by atoms with Crippen molar-refractivity contribution in [2.75, 3.05) is 20.0 Å². The van der Waals surface area contributed by atoms with Gasteiger partial charge < -0.3 is 11.5 Å². The standard InChI is InChI=1S/C6H17N5/c1-2-6(7,8)11-4-9-3-10-5-11/h9-10H,2-5,7-8H2,1H3. The maximum Gasteiger partial charge on any atom is 0.122 e. The lowest BCUT2D eigenvalue weighted by Gasteiger charge is -2.39. The highest BCUT2D eigenvalue weighted by Crippen LogP contribution is 2.04. The Morgan fingerprint density at radius 3 is 2.36 bits per heavy atom. The molecule has 0 aromatic carbocycles. The molecule has 0 unspecified atom stereocenters. The number of hydrogen-bond acceptors (Lipinski definition) is 5. The maximum absolute atomic E-state index is 5.81. The van der Waals surface area contributed by atoms with Crippen molar-refractivity contribution < 1.29 is 0 Å². The van der Waals surface area contributed by atoms with Gasteiger partial charge in [0.25, 0.3) is 0 Å². The lowest BCUT2D eigenvalue weighted by atomic mass is 10.2. The predicted octanol–water partition coefficient (Wildman–Crippen LogP) is -1.67. The van der Waals surface area contributed by atoms with Gasteiger partial charge in [-0.25, -0.2) is 4.90 Å². The summed E-state index contributed by atoms with van der Waals surface area (Å²) in [4.78, 5) is 1.97. The average Bonchev–Trinajstić information content (AvgIpc) is 2.06. The molecule has 1 aliphatic heterocycles. The molecular formula is C6H17N5. The minimum absolute atomic E-state index is 0.680. The van der Waals surface area contributed by atoms with Crippen LogP contribution in [0.4, 0.5) is 0 Å². The van der Waals surface area contributed by atoms with E-state index in [2.05, 4.69) is 10.6 Å². The highest BCUT2D eigenvalue weighted by molar-refractivity contribution is 4.77. The summed E-state index contributed by atoms with van der Waals surface area (Å²) in [6, 6.07) is 0. The van der Waals surface area contributed by atoms with Crippen LogP contribution in [0.5, 0.6) is 0 Å². The lowest BCUT2D eigenvalue weighted by Crippen LogP contribution is -2.68. The van der Waals surface area contributed by atoms with Gasteiger partial charge in [0.05, 0.1) is 13.3 Å². The molecule has 5 nitrogen and oxygen atoms in total. The summed E-state index contributed by atoms with van der Waals surface area (Å²) in [5.41, 5.74) is 11.6. The number of rotatable bonds is 2. The first-order chi connectivity index (χ1) is 5.17. The molecule has 1 saturated heterocycles. The fourth-order valence-electron chi connectivity index (χ4n) is 1.04. The summed E-state index contributed by atoms with van der Waals surface area (Å²) in [7, 11) is 0. The molecule has 1 heterocycles. The Morgan fingerprint density at radius 2 is 1.91 bits per heavy atom. The zero-order valence-corrected chi connectivity index (χ0v) is 6.93. The van der Waals surface area contributed by atoms with E-state index in [9.17, 15) is 0 Å². The van der Waals surface area contributed by atoms with Crippen LogP contribution in [0.3, 0.4) is 0 Å². The molecule has 11 heavy (non-hydrogen) atoms. The van der Waals surface area contributed by atoms with Crippen LogP contribution in [0.1, 0.15) is 13.3 Å². The normalized spacial score (nSPS) is 22.1. The number of nitrogens with two attached hydrogens (primary N) is 2. The topological polar surface area (TPSA) is 79.3 Å². The van der Waals surface area contributed by atoms with E-state index in [0.29, 0.717) is 0 Å². The largest absolute Gasteiger partial charge is 0.301 e. The van der Waals surface area contributed by atoms with Crippen LogP contribution in [-0.4, -0.2) is 30.7 Å². The fourth-order valence-corrected chi connectivity index (χ4v) is 1.04. The van der Waals surface area contributed by atoms with Crippen molar-refractivity contribution in [2.24, 2.45) is 11.5 Å².